The second-order valence-electron chi connectivity index (χ2n) is 5.54. The van der Waals surface area contributed by atoms with Crippen LogP contribution in [0, 0.1) is 13.8 Å². The van der Waals surface area contributed by atoms with Crippen LogP contribution in [0.1, 0.15) is 23.7 Å². The van der Waals surface area contributed by atoms with Crippen molar-refractivity contribution < 1.29 is 0 Å². The zero-order valence-electron chi connectivity index (χ0n) is 15.4. The van der Waals surface area contributed by atoms with E-state index in [1.54, 1.807) is 6.20 Å². The van der Waals surface area contributed by atoms with E-state index in [1.165, 1.54) is 5.56 Å². The normalized spacial score (nSPS) is 9.08. The Morgan fingerprint density at radius 1 is 0.840 bits per heavy atom. The summed E-state index contributed by atoms with van der Waals surface area (Å²) in [6.07, 6.45) is 3.65. The first-order valence-corrected chi connectivity index (χ1v) is 8.13. The summed E-state index contributed by atoms with van der Waals surface area (Å²) in [5, 5.41) is 0. The summed E-state index contributed by atoms with van der Waals surface area (Å²) in [6, 6.07) is 18.3. The Morgan fingerprint density at radius 2 is 1.52 bits per heavy atom. The third kappa shape index (κ3) is 6.56. The number of benzene rings is 1. The molecular formula is C23H26N2. The molecule has 0 saturated carbocycles. The van der Waals surface area contributed by atoms with Crippen LogP contribution in [-0.2, 0) is 0 Å². The summed E-state index contributed by atoms with van der Waals surface area (Å²) in [4.78, 5) is 8.72. The maximum Gasteiger partial charge on any atom is 0.0746 e. The molecule has 0 bridgehead atoms. The van der Waals surface area contributed by atoms with Crippen molar-refractivity contribution in [3.8, 4) is 11.3 Å². The predicted octanol–water partition coefficient (Wildman–Crippen LogP) is 6.28. The lowest BCUT2D eigenvalue weighted by atomic mass is 10.1. The molecule has 0 atom stereocenters. The molecule has 0 unspecified atom stereocenters. The lowest BCUT2D eigenvalue weighted by molar-refractivity contribution is 1.22. The smallest absolute Gasteiger partial charge is 0.0746 e. The van der Waals surface area contributed by atoms with E-state index in [9.17, 15) is 0 Å². The molecule has 0 aliphatic heterocycles. The molecule has 2 heteroatoms. The van der Waals surface area contributed by atoms with Crippen LogP contribution in [0.5, 0.6) is 0 Å². The summed E-state index contributed by atoms with van der Waals surface area (Å²) >= 11 is 0. The van der Waals surface area contributed by atoms with Crippen LogP contribution in [0.3, 0.4) is 0 Å². The molecule has 2 heterocycles. The average molecular weight is 330 g/mol. The highest BCUT2D eigenvalue weighted by Gasteiger charge is 2.03. The van der Waals surface area contributed by atoms with Crippen LogP contribution in [0.15, 0.2) is 86.7 Å². The summed E-state index contributed by atoms with van der Waals surface area (Å²) < 4.78 is 0. The monoisotopic (exact) mass is 330 g/mol. The lowest BCUT2D eigenvalue weighted by Gasteiger charge is -2.05. The van der Waals surface area contributed by atoms with Crippen molar-refractivity contribution in [3.05, 3.63) is 104 Å². The molecule has 2 nitrogen and oxygen atoms in total. The largest absolute Gasteiger partial charge is 0.256 e. The molecule has 0 fully saturated rings. The lowest BCUT2D eigenvalue weighted by Crippen LogP contribution is -1.90. The molecule has 1 aromatic carbocycles. The molecule has 0 aliphatic rings. The Kier molecular flexibility index (Phi) is 8.59. The predicted molar refractivity (Wildman–Crippen MR) is 109 cm³/mol. The highest BCUT2D eigenvalue weighted by molar-refractivity contribution is 5.65. The van der Waals surface area contributed by atoms with Crippen LogP contribution in [0.2, 0.25) is 0 Å². The van der Waals surface area contributed by atoms with Gasteiger partial charge in [0.25, 0.3) is 0 Å². The van der Waals surface area contributed by atoms with E-state index >= 15 is 0 Å². The van der Waals surface area contributed by atoms with Gasteiger partial charge in [0.2, 0.25) is 0 Å². The zero-order valence-corrected chi connectivity index (χ0v) is 15.4. The number of pyridine rings is 2. The topological polar surface area (TPSA) is 25.8 Å². The fourth-order valence-corrected chi connectivity index (χ4v) is 2.11. The van der Waals surface area contributed by atoms with Gasteiger partial charge in [0.05, 0.1) is 11.4 Å². The number of aromatic nitrogens is 2. The van der Waals surface area contributed by atoms with Gasteiger partial charge >= 0.3 is 0 Å². The molecular weight excluding hydrogens is 304 g/mol. The highest BCUT2D eigenvalue weighted by Crippen LogP contribution is 2.20. The van der Waals surface area contributed by atoms with Gasteiger partial charge in [-0.3, -0.25) is 9.97 Å². The van der Waals surface area contributed by atoms with Gasteiger partial charge in [0, 0.05) is 18.0 Å². The first kappa shape index (κ1) is 20.0. The molecule has 0 amide bonds. The van der Waals surface area contributed by atoms with Crippen LogP contribution in [0.4, 0.5) is 0 Å². The van der Waals surface area contributed by atoms with Gasteiger partial charge < -0.3 is 0 Å². The van der Waals surface area contributed by atoms with E-state index in [-0.39, 0.29) is 0 Å². The standard InChI is InChI=1S/C14H14N2.C7H8.C2H4/c1-10(2)13-7-6-12(9-16-13)14-11(3)5-4-8-15-14;1-7-5-3-2-4-6-7;1-2/h4-9H,1H2,2-3H3;2-6H,1H3;1-2H2. The minimum atomic E-state index is 0.928. The van der Waals surface area contributed by atoms with Crippen molar-refractivity contribution in [2.45, 2.75) is 20.8 Å². The Morgan fingerprint density at radius 3 is 1.96 bits per heavy atom. The number of hydrogen-bond acceptors (Lipinski definition) is 2. The van der Waals surface area contributed by atoms with Crippen molar-refractivity contribution in [1.29, 1.82) is 0 Å². The first-order valence-electron chi connectivity index (χ1n) is 8.13. The molecule has 0 N–H and O–H groups in total. The van der Waals surface area contributed by atoms with Gasteiger partial charge in [-0.15, -0.1) is 13.2 Å². The average Bonchev–Trinajstić information content (AvgIpc) is 2.65. The maximum atomic E-state index is 4.36. The number of hydrogen-bond donors (Lipinski definition) is 0. The summed E-state index contributed by atoms with van der Waals surface area (Å²) in [5.41, 5.74) is 6.42. The quantitative estimate of drug-likeness (QED) is 0.517. The SMILES string of the molecule is C=C.C=C(C)c1ccc(-c2ncccc2C)cn1.Cc1ccccc1. The minimum absolute atomic E-state index is 0.928. The van der Waals surface area contributed by atoms with Gasteiger partial charge in [-0.2, -0.15) is 0 Å². The zero-order chi connectivity index (χ0) is 18.7. The van der Waals surface area contributed by atoms with Crippen molar-refractivity contribution in [3.63, 3.8) is 0 Å². The second kappa shape index (κ2) is 10.7. The molecule has 2 aromatic heterocycles. The fourth-order valence-electron chi connectivity index (χ4n) is 2.11. The summed E-state index contributed by atoms with van der Waals surface area (Å²) in [6.45, 7) is 16.0. The third-order valence-electron chi connectivity index (χ3n) is 3.42. The van der Waals surface area contributed by atoms with Crippen LogP contribution < -0.4 is 0 Å². The Hall–Kier alpha value is -3.00. The summed E-state index contributed by atoms with van der Waals surface area (Å²) in [7, 11) is 0. The van der Waals surface area contributed by atoms with Crippen LogP contribution in [0.25, 0.3) is 16.8 Å². The van der Waals surface area contributed by atoms with E-state index in [1.807, 2.05) is 49.5 Å². The van der Waals surface area contributed by atoms with Gasteiger partial charge in [-0.25, -0.2) is 0 Å². The van der Waals surface area contributed by atoms with E-state index in [4.69, 9.17) is 0 Å². The molecule has 3 rings (SSSR count). The van der Waals surface area contributed by atoms with Crippen molar-refractivity contribution >= 4 is 5.57 Å². The number of nitrogens with zero attached hydrogens (tertiary/aromatic N) is 2. The van der Waals surface area contributed by atoms with Gasteiger partial charge in [0.15, 0.2) is 0 Å². The first-order chi connectivity index (χ1) is 12.1. The molecule has 128 valence electrons. The molecule has 0 spiro atoms. The van der Waals surface area contributed by atoms with E-state index in [0.717, 1.165) is 28.1 Å². The Labute approximate surface area is 151 Å². The molecule has 0 aliphatic carbocycles. The summed E-state index contributed by atoms with van der Waals surface area (Å²) in [5.74, 6) is 0. The number of aryl methyl sites for hydroxylation is 2. The van der Waals surface area contributed by atoms with Crippen LogP contribution in [-0.4, -0.2) is 9.97 Å². The third-order valence-corrected chi connectivity index (χ3v) is 3.42. The Bertz CT molecular complexity index is 775. The molecule has 3 aromatic rings. The van der Waals surface area contributed by atoms with Crippen molar-refractivity contribution in [1.82, 2.24) is 9.97 Å². The minimum Gasteiger partial charge on any atom is -0.256 e. The van der Waals surface area contributed by atoms with E-state index in [2.05, 4.69) is 61.8 Å². The van der Waals surface area contributed by atoms with E-state index in [0.29, 0.717) is 0 Å². The fraction of sp³-hybridized carbons (Fsp3) is 0.130. The van der Waals surface area contributed by atoms with Gasteiger partial charge in [-0.05, 0) is 50.1 Å². The number of rotatable bonds is 2. The maximum absolute atomic E-state index is 4.36. The van der Waals surface area contributed by atoms with Gasteiger partial charge in [0.1, 0.15) is 0 Å². The Balaban J connectivity index is 0.000000290. The molecule has 0 saturated heterocycles. The number of allylic oxidation sites excluding steroid dienone is 1. The van der Waals surface area contributed by atoms with Crippen molar-refractivity contribution in [2.75, 3.05) is 0 Å². The van der Waals surface area contributed by atoms with E-state index < -0.39 is 0 Å². The van der Waals surface area contributed by atoms with Gasteiger partial charge in [-0.1, -0.05) is 48.5 Å². The van der Waals surface area contributed by atoms with Crippen molar-refractivity contribution in [2.24, 2.45) is 0 Å². The highest BCUT2D eigenvalue weighted by atomic mass is 14.7. The molecule has 25 heavy (non-hydrogen) atoms. The second-order valence-corrected chi connectivity index (χ2v) is 5.54. The van der Waals surface area contributed by atoms with Crippen LogP contribution >= 0.6 is 0 Å². The molecule has 0 radical (unpaired) electrons.